The fraction of sp³-hybridized carbons (Fsp3) is 0.333. The number of hydrogen-bond acceptors (Lipinski definition) is 3. The second-order valence-corrected chi connectivity index (χ2v) is 6.10. The normalized spacial score (nSPS) is 13.5. The maximum Gasteiger partial charge on any atom is 0.419 e. The van der Waals surface area contributed by atoms with Gasteiger partial charge < -0.3 is 0 Å². The van der Waals surface area contributed by atoms with E-state index in [1.165, 1.54) is 6.07 Å². The molecule has 0 amide bonds. The van der Waals surface area contributed by atoms with Gasteiger partial charge in [0.15, 0.2) is 5.01 Å². The van der Waals surface area contributed by atoms with Crippen LogP contribution in [0.25, 0.3) is 10.6 Å². The molecule has 1 aromatic heterocycles. The van der Waals surface area contributed by atoms with E-state index >= 15 is 0 Å². The third-order valence-electron chi connectivity index (χ3n) is 2.60. The predicted octanol–water partition coefficient (Wildman–Crippen LogP) is 5.21. The molecule has 1 atom stereocenters. The molecular weight excluding hydrogens is 360 g/mol. The molecule has 0 saturated heterocycles. The maximum atomic E-state index is 14.0. The summed E-state index contributed by atoms with van der Waals surface area (Å²) in [5.74, 6) is -1.31. The molecule has 0 spiro atoms. The minimum atomic E-state index is -4.73. The predicted molar refractivity (Wildman–Crippen MR) is 72.3 cm³/mol. The van der Waals surface area contributed by atoms with Crippen molar-refractivity contribution in [3.05, 3.63) is 34.6 Å². The van der Waals surface area contributed by atoms with Crippen LogP contribution in [0.1, 0.15) is 28.7 Å². The molecule has 20 heavy (non-hydrogen) atoms. The zero-order valence-corrected chi connectivity index (χ0v) is 12.6. The number of aromatic nitrogens is 2. The topological polar surface area (TPSA) is 25.8 Å². The van der Waals surface area contributed by atoms with E-state index in [9.17, 15) is 17.6 Å². The van der Waals surface area contributed by atoms with E-state index in [0.29, 0.717) is 11.1 Å². The van der Waals surface area contributed by atoms with Crippen LogP contribution in [0, 0.1) is 5.82 Å². The molecule has 0 aliphatic rings. The molecule has 2 nitrogen and oxygen atoms in total. The van der Waals surface area contributed by atoms with Crippen LogP contribution in [0.4, 0.5) is 17.6 Å². The first-order valence-electron chi connectivity index (χ1n) is 5.68. The monoisotopic (exact) mass is 368 g/mol. The van der Waals surface area contributed by atoms with Gasteiger partial charge in [0.2, 0.25) is 0 Å². The van der Waals surface area contributed by atoms with Gasteiger partial charge in [0.25, 0.3) is 0 Å². The second kappa shape index (κ2) is 5.77. The second-order valence-electron chi connectivity index (χ2n) is 3.99. The third kappa shape index (κ3) is 3.01. The Morgan fingerprint density at radius 1 is 1.30 bits per heavy atom. The number of nitrogens with zero attached hydrogens (tertiary/aromatic N) is 2. The average molecular weight is 369 g/mol. The van der Waals surface area contributed by atoms with E-state index < -0.39 is 17.6 Å². The van der Waals surface area contributed by atoms with Gasteiger partial charge in [-0.05, 0) is 18.6 Å². The Bertz CT molecular complexity index is 612. The highest BCUT2D eigenvalue weighted by molar-refractivity contribution is 9.09. The van der Waals surface area contributed by atoms with Crippen molar-refractivity contribution in [2.75, 3.05) is 0 Å². The molecule has 8 heteroatoms. The first-order valence-corrected chi connectivity index (χ1v) is 7.41. The molecule has 0 saturated carbocycles. The van der Waals surface area contributed by atoms with E-state index in [4.69, 9.17) is 0 Å². The summed E-state index contributed by atoms with van der Waals surface area (Å²) >= 11 is 4.45. The van der Waals surface area contributed by atoms with Crippen molar-refractivity contribution in [1.29, 1.82) is 0 Å². The van der Waals surface area contributed by atoms with E-state index in [2.05, 4.69) is 26.1 Å². The van der Waals surface area contributed by atoms with Crippen LogP contribution in [-0.2, 0) is 6.18 Å². The van der Waals surface area contributed by atoms with Gasteiger partial charge in [-0.25, -0.2) is 4.39 Å². The van der Waals surface area contributed by atoms with Crippen LogP contribution >= 0.6 is 27.3 Å². The number of rotatable bonds is 3. The summed E-state index contributed by atoms with van der Waals surface area (Å²) in [5.41, 5.74) is -1.47. The molecule has 0 aliphatic carbocycles. The number of alkyl halides is 4. The fourth-order valence-corrected chi connectivity index (χ4v) is 2.86. The van der Waals surface area contributed by atoms with Gasteiger partial charge in [-0.1, -0.05) is 40.3 Å². The van der Waals surface area contributed by atoms with Gasteiger partial charge in [0, 0.05) is 5.56 Å². The lowest BCUT2D eigenvalue weighted by atomic mass is 10.1. The van der Waals surface area contributed by atoms with Crippen LogP contribution in [0.2, 0.25) is 0 Å². The summed E-state index contributed by atoms with van der Waals surface area (Å²) in [5, 5.41) is 8.39. The van der Waals surface area contributed by atoms with E-state index in [-0.39, 0.29) is 15.4 Å². The third-order valence-corrected chi connectivity index (χ3v) is 5.06. The molecule has 0 fully saturated rings. The lowest BCUT2D eigenvalue weighted by Gasteiger charge is -2.09. The van der Waals surface area contributed by atoms with Gasteiger partial charge in [0.05, 0.1) is 10.4 Å². The Kier molecular flexibility index (Phi) is 4.43. The number of halogens is 5. The van der Waals surface area contributed by atoms with Crippen LogP contribution in [0.15, 0.2) is 18.2 Å². The minimum absolute atomic E-state index is 0.0393. The molecular formula is C12H9BrF4N2S. The van der Waals surface area contributed by atoms with E-state index in [1.807, 2.05) is 6.92 Å². The first-order chi connectivity index (χ1) is 9.34. The molecule has 0 radical (unpaired) electrons. The van der Waals surface area contributed by atoms with Crippen molar-refractivity contribution in [1.82, 2.24) is 10.2 Å². The molecule has 0 bridgehead atoms. The minimum Gasteiger partial charge on any atom is -0.206 e. The van der Waals surface area contributed by atoms with Crippen molar-refractivity contribution < 1.29 is 17.6 Å². The highest BCUT2D eigenvalue weighted by Crippen LogP contribution is 2.38. The molecule has 2 rings (SSSR count). The smallest absolute Gasteiger partial charge is 0.206 e. The largest absolute Gasteiger partial charge is 0.419 e. The van der Waals surface area contributed by atoms with Crippen molar-refractivity contribution in [3.8, 4) is 10.6 Å². The van der Waals surface area contributed by atoms with Crippen molar-refractivity contribution in [3.63, 3.8) is 0 Å². The maximum absolute atomic E-state index is 14.0. The van der Waals surface area contributed by atoms with Crippen molar-refractivity contribution >= 4 is 27.3 Å². The highest BCUT2D eigenvalue weighted by Gasteiger charge is 2.35. The Balaban J connectivity index is 2.46. The van der Waals surface area contributed by atoms with Crippen LogP contribution < -0.4 is 0 Å². The molecule has 1 aromatic carbocycles. The van der Waals surface area contributed by atoms with E-state index in [0.717, 1.165) is 23.8 Å². The molecule has 1 heterocycles. The Morgan fingerprint density at radius 2 is 2.00 bits per heavy atom. The lowest BCUT2D eigenvalue weighted by molar-refractivity contribution is -0.139. The summed E-state index contributed by atoms with van der Waals surface area (Å²) in [6, 6.07) is 3.14. The van der Waals surface area contributed by atoms with Crippen LogP contribution in [0.3, 0.4) is 0 Å². The summed E-state index contributed by atoms with van der Waals surface area (Å²) < 4.78 is 51.9. The van der Waals surface area contributed by atoms with Crippen LogP contribution in [0.5, 0.6) is 0 Å². The summed E-state index contributed by atoms with van der Waals surface area (Å²) in [7, 11) is 0. The van der Waals surface area contributed by atoms with Gasteiger partial charge >= 0.3 is 6.18 Å². The molecule has 2 aromatic rings. The lowest BCUT2D eigenvalue weighted by Crippen LogP contribution is -2.08. The summed E-state index contributed by atoms with van der Waals surface area (Å²) in [6.07, 6.45) is -3.98. The Morgan fingerprint density at radius 3 is 2.60 bits per heavy atom. The summed E-state index contributed by atoms with van der Waals surface area (Å²) in [4.78, 5) is -0.0393. The zero-order valence-electron chi connectivity index (χ0n) is 10.2. The molecule has 1 unspecified atom stereocenters. The van der Waals surface area contributed by atoms with Gasteiger partial charge in [-0.15, -0.1) is 10.2 Å². The standard InChI is InChI=1S/C12H9BrF4N2S/c1-2-8(13)11-19-18-10(20-11)6-4-3-5-7(9(6)14)12(15,16)17/h3-5,8H,2H2,1H3. The van der Waals surface area contributed by atoms with Gasteiger partial charge in [0.1, 0.15) is 10.8 Å². The number of hydrogen-bond donors (Lipinski definition) is 0. The van der Waals surface area contributed by atoms with E-state index in [1.54, 1.807) is 0 Å². The fourth-order valence-electron chi connectivity index (χ4n) is 1.56. The van der Waals surface area contributed by atoms with Gasteiger partial charge in [-0.3, -0.25) is 0 Å². The quantitative estimate of drug-likeness (QED) is 0.548. The van der Waals surface area contributed by atoms with Crippen molar-refractivity contribution in [2.45, 2.75) is 24.3 Å². The average Bonchev–Trinajstić information content (AvgIpc) is 2.86. The van der Waals surface area contributed by atoms with Gasteiger partial charge in [-0.2, -0.15) is 13.2 Å². The van der Waals surface area contributed by atoms with Crippen molar-refractivity contribution in [2.24, 2.45) is 0 Å². The first kappa shape index (κ1) is 15.4. The molecule has 0 aliphatic heterocycles. The highest BCUT2D eigenvalue weighted by atomic mass is 79.9. The summed E-state index contributed by atoms with van der Waals surface area (Å²) in [6.45, 7) is 1.92. The zero-order chi connectivity index (χ0) is 14.9. The SMILES string of the molecule is CCC(Br)c1nnc(-c2cccc(C(F)(F)F)c2F)s1. The van der Waals surface area contributed by atoms with Crippen LogP contribution in [-0.4, -0.2) is 10.2 Å². The number of benzene rings is 1. The molecule has 108 valence electrons. The molecule has 0 N–H and O–H groups in total. The Hall–Kier alpha value is -1.02. The Labute approximate surface area is 125 Å².